The first-order valence-electron chi connectivity index (χ1n) is 10.6. The third-order valence-corrected chi connectivity index (χ3v) is 7.22. The van der Waals surface area contributed by atoms with Gasteiger partial charge < -0.3 is 10.2 Å². The maximum Gasteiger partial charge on any atom is 0.255 e. The van der Waals surface area contributed by atoms with Crippen LogP contribution in [0.15, 0.2) is 42.5 Å². The molecule has 1 saturated heterocycles. The average Bonchev–Trinajstić information content (AvgIpc) is 2.86. The molecule has 0 aliphatic carbocycles. The number of amides is 1. The van der Waals surface area contributed by atoms with Gasteiger partial charge in [0.2, 0.25) is 10.0 Å². The summed E-state index contributed by atoms with van der Waals surface area (Å²) in [5.41, 5.74) is 4.04. The number of benzene rings is 2. The number of hydrogen-bond donors (Lipinski definition) is 1. The van der Waals surface area contributed by atoms with Gasteiger partial charge in [-0.3, -0.25) is 9.10 Å². The Labute approximate surface area is 178 Å². The lowest BCUT2D eigenvalue weighted by molar-refractivity contribution is 0.102. The van der Waals surface area contributed by atoms with Gasteiger partial charge in [-0.05, 0) is 74.2 Å². The summed E-state index contributed by atoms with van der Waals surface area (Å²) < 4.78 is 25.6. The molecule has 1 atom stereocenters. The minimum absolute atomic E-state index is 0.139. The third-order valence-electron chi connectivity index (χ3n) is 5.95. The first kappa shape index (κ1) is 20.7. The normalized spacial score (nSPS) is 19.3. The van der Waals surface area contributed by atoms with Crippen molar-refractivity contribution in [1.29, 1.82) is 0 Å². The van der Waals surface area contributed by atoms with Crippen LogP contribution in [0.3, 0.4) is 0 Å². The number of hydrogen-bond acceptors (Lipinski definition) is 4. The van der Waals surface area contributed by atoms with E-state index in [9.17, 15) is 13.2 Å². The molecule has 2 aliphatic heterocycles. The molecule has 7 heteroatoms. The summed E-state index contributed by atoms with van der Waals surface area (Å²) >= 11 is 0. The SMILES string of the molecule is C[C@@H]1Cc2cc(C(=O)Nc3ccc(N4CCCCCC4)cc3)ccc2N1S(C)(=O)=O. The molecule has 0 spiro atoms. The van der Waals surface area contributed by atoms with E-state index in [1.807, 2.05) is 19.1 Å². The number of carbonyl (C=O) groups is 1. The lowest BCUT2D eigenvalue weighted by Crippen LogP contribution is -2.34. The molecule has 4 rings (SSSR count). The number of fused-ring (bicyclic) bond motifs is 1. The summed E-state index contributed by atoms with van der Waals surface area (Å²) in [6.07, 6.45) is 6.87. The van der Waals surface area contributed by atoms with Crippen LogP contribution in [-0.2, 0) is 16.4 Å². The quantitative estimate of drug-likeness (QED) is 0.800. The predicted octanol–water partition coefficient (Wildman–Crippen LogP) is 4.03. The van der Waals surface area contributed by atoms with Crippen molar-refractivity contribution in [3.63, 3.8) is 0 Å². The van der Waals surface area contributed by atoms with Crippen LogP contribution in [0.1, 0.15) is 48.5 Å². The molecule has 160 valence electrons. The van der Waals surface area contributed by atoms with E-state index in [4.69, 9.17) is 0 Å². The largest absolute Gasteiger partial charge is 0.372 e. The van der Waals surface area contributed by atoms with Crippen molar-refractivity contribution < 1.29 is 13.2 Å². The molecule has 2 heterocycles. The molecule has 2 aromatic carbocycles. The van der Waals surface area contributed by atoms with E-state index in [2.05, 4.69) is 22.3 Å². The Bertz CT molecular complexity index is 1030. The molecule has 1 amide bonds. The minimum Gasteiger partial charge on any atom is -0.372 e. The maximum atomic E-state index is 12.8. The van der Waals surface area contributed by atoms with Gasteiger partial charge in [-0.25, -0.2) is 8.42 Å². The second-order valence-corrected chi connectivity index (χ2v) is 10.2. The molecule has 2 aromatic rings. The van der Waals surface area contributed by atoms with Crippen molar-refractivity contribution in [3.8, 4) is 0 Å². The van der Waals surface area contributed by atoms with Gasteiger partial charge in [-0.2, -0.15) is 0 Å². The highest BCUT2D eigenvalue weighted by Crippen LogP contribution is 2.35. The van der Waals surface area contributed by atoms with Gasteiger partial charge in [-0.1, -0.05) is 12.8 Å². The molecule has 2 aliphatic rings. The van der Waals surface area contributed by atoms with Crippen LogP contribution in [0.2, 0.25) is 0 Å². The zero-order valence-electron chi connectivity index (χ0n) is 17.6. The molecule has 0 bridgehead atoms. The van der Waals surface area contributed by atoms with Crippen LogP contribution in [0.25, 0.3) is 0 Å². The highest BCUT2D eigenvalue weighted by molar-refractivity contribution is 7.92. The number of anilines is 3. The lowest BCUT2D eigenvalue weighted by atomic mass is 10.1. The van der Waals surface area contributed by atoms with Crippen molar-refractivity contribution in [2.24, 2.45) is 0 Å². The van der Waals surface area contributed by atoms with E-state index in [1.165, 1.54) is 41.9 Å². The highest BCUT2D eigenvalue weighted by atomic mass is 32.2. The molecule has 0 saturated carbocycles. The first-order valence-corrected chi connectivity index (χ1v) is 12.5. The van der Waals surface area contributed by atoms with E-state index < -0.39 is 10.0 Å². The predicted molar refractivity (Wildman–Crippen MR) is 122 cm³/mol. The summed E-state index contributed by atoms with van der Waals surface area (Å²) in [4.78, 5) is 15.2. The Morgan fingerprint density at radius 2 is 1.67 bits per heavy atom. The topological polar surface area (TPSA) is 69.7 Å². The second kappa shape index (κ2) is 8.30. The molecular weight excluding hydrogens is 398 g/mol. The third kappa shape index (κ3) is 4.31. The molecular formula is C23H29N3O3S. The lowest BCUT2D eigenvalue weighted by Gasteiger charge is -2.22. The Morgan fingerprint density at radius 3 is 2.30 bits per heavy atom. The number of rotatable bonds is 4. The molecule has 0 aromatic heterocycles. The smallest absolute Gasteiger partial charge is 0.255 e. The fraction of sp³-hybridized carbons (Fsp3) is 0.435. The average molecular weight is 428 g/mol. The molecule has 1 N–H and O–H groups in total. The number of carbonyl (C=O) groups excluding carboxylic acids is 1. The Balaban J connectivity index is 1.46. The zero-order valence-corrected chi connectivity index (χ0v) is 18.4. The van der Waals surface area contributed by atoms with Gasteiger partial charge in [-0.15, -0.1) is 0 Å². The number of sulfonamides is 1. The maximum absolute atomic E-state index is 12.8. The Morgan fingerprint density at radius 1 is 1.00 bits per heavy atom. The summed E-state index contributed by atoms with van der Waals surface area (Å²) in [6.45, 7) is 4.06. The summed E-state index contributed by atoms with van der Waals surface area (Å²) in [6, 6.07) is 13.1. The van der Waals surface area contributed by atoms with Crippen LogP contribution in [0, 0.1) is 0 Å². The zero-order chi connectivity index (χ0) is 21.3. The van der Waals surface area contributed by atoms with E-state index in [0.717, 1.165) is 24.3 Å². The van der Waals surface area contributed by atoms with Crippen LogP contribution < -0.4 is 14.5 Å². The molecule has 1 fully saturated rings. The van der Waals surface area contributed by atoms with Crippen molar-refractivity contribution in [2.75, 3.05) is 33.9 Å². The number of nitrogens with one attached hydrogen (secondary N) is 1. The van der Waals surface area contributed by atoms with Crippen molar-refractivity contribution in [1.82, 2.24) is 0 Å². The van der Waals surface area contributed by atoms with E-state index >= 15 is 0 Å². The van der Waals surface area contributed by atoms with Gasteiger partial charge in [0.05, 0.1) is 11.9 Å². The van der Waals surface area contributed by atoms with Crippen molar-refractivity contribution in [2.45, 2.75) is 45.1 Å². The van der Waals surface area contributed by atoms with Gasteiger partial charge in [0.1, 0.15) is 0 Å². The fourth-order valence-corrected chi connectivity index (χ4v) is 5.80. The van der Waals surface area contributed by atoms with E-state index in [1.54, 1.807) is 18.2 Å². The minimum atomic E-state index is -3.33. The molecule has 0 unspecified atom stereocenters. The standard InChI is InChI=1S/C23H29N3O3S/c1-17-15-19-16-18(7-12-22(19)26(17)30(2,28)29)23(27)24-20-8-10-21(11-9-20)25-13-5-3-4-6-14-25/h7-12,16-17H,3-6,13-15H2,1-2H3,(H,24,27)/t17-/m1/s1. The van der Waals surface area contributed by atoms with E-state index in [-0.39, 0.29) is 11.9 Å². The highest BCUT2D eigenvalue weighted by Gasteiger charge is 2.32. The summed E-state index contributed by atoms with van der Waals surface area (Å²) in [7, 11) is -3.33. The van der Waals surface area contributed by atoms with Crippen LogP contribution in [0.4, 0.5) is 17.1 Å². The van der Waals surface area contributed by atoms with Crippen molar-refractivity contribution in [3.05, 3.63) is 53.6 Å². The van der Waals surface area contributed by atoms with E-state index in [0.29, 0.717) is 17.7 Å². The van der Waals surface area contributed by atoms with Gasteiger partial charge in [0, 0.05) is 36.1 Å². The molecule has 6 nitrogen and oxygen atoms in total. The van der Waals surface area contributed by atoms with Crippen LogP contribution in [-0.4, -0.2) is 39.7 Å². The molecule has 0 radical (unpaired) electrons. The second-order valence-electron chi connectivity index (χ2n) is 8.36. The van der Waals surface area contributed by atoms with Gasteiger partial charge in [0.25, 0.3) is 5.91 Å². The molecule has 30 heavy (non-hydrogen) atoms. The van der Waals surface area contributed by atoms with Crippen LogP contribution in [0.5, 0.6) is 0 Å². The fourth-order valence-electron chi connectivity index (χ4n) is 4.54. The monoisotopic (exact) mass is 427 g/mol. The Hall–Kier alpha value is -2.54. The van der Waals surface area contributed by atoms with Gasteiger partial charge >= 0.3 is 0 Å². The summed E-state index contributed by atoms with van der Waals surface area (Å²) in [5, 5.41) is 2.96. The van der Waals surface area contributed by atoms with Gasteiger partial charge in [0.15, 0.2) is 0 Å². The Kier molecular flexibility index (Phi) is 5.73. The summed E-state index contributed by atoms with van der Waals surface area (Å²) in [5.74, 6) is -0.189. The van der Waals surface area contributed by atoms with Crippen LogP contribution >= 0.6 is 0 Å². The first-order chi connectivity index (χ1) is 14.3. The van der Waals surface area contributed by atoms with Crippen molar-refractivity contribution >= 4 is 33.0 Å². The number of nitrogens with zero attached hydrogens (tertiary/aromatic N) is 2.